The quantitative estimate of drug-likeness (QED) is 0.831. The first kappa shape index (κ1) is 15.4. The second-order valence-electron chi connectivity index (χ2n) is 4.60. The van der Waals surface area contributed by atoms with Crippen LogP contribution < -0.4 is 5.32 Å². The van der Waals surface area contributed by atoms with E-state index in [4.69, 9.17) is 16.1 Å². The summed E-state index contributed by atoms with van der Waals surface area (Å²) in [6, 6.07) is 4.80. The highest BCUT2D eigenvalue weighted by molar-refractivity contribution is 6.32. The van der Waals surface area contributed by atoms with Crippen LogP contribution in [-0.2, 0) is 24.1 Å². The van der Waals surface area contributed by atoms with Gasteiger partial charge in [-0.25, -0.2) is 0 Å². The number of benzene rings is 1. The third kappa shape index (κ3) is 3.36. The number of halogens is 1. The second-order valence-corrected chi connectivity index (χ2v) is 5.01. The molecule has 112 valence electrons. The lowest BCUT2D eigenvalue weighted by Gasteiger charge is -2.08. The van der Waals surface area contributed by atoms with Crippen LogP contribution in [0.5, 0.6) is 5.75 Å². The number of amides is 1. The lowest BCUT2D eigenvalue weighted by molar-refractivity contribution is -0.115. The Labute approximate surface area is 127 Å². The average molecular weight is 309 g/mol. The number of hydrogen-bond acceptors (Lipinski definition) is 4. The van der Waals surface area contributed by atoms with E-state index >= 15 is 0 Å². The van der Waals surface area contributed by atoms with Gasteiger partial charge in [0.05, 0.1) is 22.8 Å². The van der Waals surface area contributed by atoms with Gasteiger partial charge in [-0.05, 0) is 18.6 Å². The van der Waals surface area contributed by atoms with E-state index in [2.05, 4.69) is 10.5 Å². The molecule has 6 heteroatoms. The molecule has 0 radical (unpaired) electrons. The van der Waals surface area contributed by atoms with Crippen LogP contribution in [0, 0.1) is 0 Å². The van der Waals surface area contributed by atoms with Gasteiger partial charge in [0, 0.05) is 12.0 Å². The summed E-state index contributed by atoms with van der Waals surface area (Å²) in [5.74, 6) is 0.335. The minimum Gasteiger partial charge on any atom is -0.504 e. The number of anilines is 1. The smallest absolute Gasteiger partial charge is 0.229 e. The van der Waals surface area contributed by atoms with E-state index < -0.39 is 0 Å². The highest BCUT2D eigenvalue weighted by Crippen LogP contribution is 2.31. The zero-order valence-corrected chi connectivity index (χ0v) is 12.7. The molecule has 0 saturated heterocycles. The predicted octanol–water partition coefficient (Wildman–Crippen LogP) is 3.34. The molecule has 0 spiro atoms. The fraction of sp³-hybridized carbons (Fsp3) is 0.333. The third-order valence-electron chi connectivity index (χ3n) is 3.21. The van der Waals surface area contributed by atoms with Gasteiger partial charge in [-0.15, -0.1) is 0 Å². The molecule has 2 N–H and O–H groups in total. The van der Waals surface area contributed by atoms with E-state index in [1.165, 1.54) is 0 Å². The van der Waals surface area contributed by atoms with E-state index in [1.807, 2.05) is 13.8 Å². The second kappa shape index (κ2) is 6.63. The first-order valence-electron chi connectivity index (χ1n) is 6.80. The Balaban J connectivity index is 2.15. The Bertz CT molecular complexity index is 631. The number of nitrogens with zero attached hydrogens (tertiary/aromatic N) is 1. The van der Waals surface area contributed by atoms with E-state index in [-0.39, 0.29) is 23.1 Å². The molecule has 0 bridgehead atoms. The van der Waals surface area contributed by atoms with Crippen molar-refractivity contribution in [2.75, 3.05) is 5.32 Å². The molecule has 0 unspecified atom stereocenters. The zero-order valence-electron chi connectivity index (χ0n) is 11.9. The molecule has 1 heterocycles. The molecular formula is C15H17ClN2O3. The summed E-state index contributed by atoms with van der Waals surface area (Å²) in [6.45, 7) is 3.91. The molecule has 0 aliphatic heterocycles. The average Bonchev–Trinajstić information content (AvgIpc) is 2.85. The van der Waals surface area contributed by atoms with Crippen molar-refractivity contribution in [3.05, 3.63) is 40.2 Å². The van der Waals surface area contributed by atoms with E-state index in [0.717, 1.165) is 17.0 Å². The third-order valence-corrected chi connectivity index (χ3v) is 3.51. The van der Waals surface area contributed by atoms with Crippen molar-refractivity contribution < 1.29 is 14.4 Å². The van der Waals surface area contributed by atoms with Gasteiger partial charge in [0.25, 0.3) is 0 Å². The fourth-order valence-electron chi connectivity index (χ4n) is 2.11. The van der Waals surface area contributed by atoms with Gasteiger partial charge in [-0.3, -0.25) is 4.79 Å². The largest absolute Gasteiger partial charge is 0.504 e. The zero-order chi connectivity index (χ0) is 15.4. The summed E-state index contributed by atoms with van der Waals surface area (Å²) in [4.78, 5) is 12.1. The number of carbonyl (C=O) groups is 1. The minimum atomic E-state index is -0.250. The molecule has 1 aromatic carbocycles. The number of aromatic hydroxyl groups is 1. The van der Waals surface area contributed by atoms with Gasteiger partial charge in [0.1, 0.15) is 5.76 Å². The number of phenols is 1. The van der Waals surface area contributed by atoms with Crippen LogP contribution in [0.3, 0.4) is 0 Å². The van der Waals surface area contributed by atoms with Crippen molar-refractivity contribution in [2.24, 2.45) is 0 Å². The van der Waals surface area contributed by atoms with Gasteiger partial charge < -0.3 is 14.9 Å². The van der Waals surface area contributed by atoms with E-state index in [1.54, 1.807) is 18.2 Å². The number of rotatable bonds is 5. The molecule has 1 aromatic heterocycles. The maximum Gasteiger partial charge on any atom is 0.229 e. The molecule has 21 heavy (non-hydrogen) atoms. The van der Waals surface area contributed by atoms with Gasteiger partial charge in [0.2, 0.25) is 5.91 Å². The summed E-state index contributed by atoms with van der Waals surface area (Å²) in [7, 11) is 0. The monoisotopic (exact) mass is 308 g/mol. The summed E-state index contributed by atoms with van der Waals surface area (Å²) >= 11 is 5.81. The normalized spacial score (nSPS) is 10.6. The lowest BCUT2D eigenvalue weighted by Crippen LogP contribution is -2.16. The maximum atomic E-state index is 12.1. The van der Waals surface area contributed by atoms with Crippen molar-refractivity contribution in [2.45, 2.75) is 33.1 Å². The molecule has 0 aliphatic rings. The number of phenolic OH excluding ortho intramolecular Hbond substituents is 1. The number of aryl methyl sites for hydroxylation is 2. The maximum absolute atomic E-state index is 12.1. The van der Waals surface area contributed by atoms with Crippen LogP contribution in [0.2, 0.25) is 5.02 Å². The lowest BCUT2D eigenvalue weighted by atomic mass is 10.1. The SMILES string of the molecule is CCc1noc(CC)c1CC(=O)Nc1cccc(Cl)c1O. The summed E-state index contributed by atoms with van der Waals surface area (Å²) in [5.41, 5.74) is 1.90. The Kier molecular flexibility index (Phi) is 4.85. The molecule has 5 nitrogen and oxygen atoms in total. The van der Waals surface area contributed by atoms with Crippen molar-refractivity contribution in [3.8, 4) is 5.75 Å². The molecule has 2 aromatic rings. The van der Waals surface area contributed by atoms with Crippen LogP contribution in [0.15, 0.2) is 22.7 Å². The van der Waals surface area contributed by atoms with E-state index in [0.29, 0.717) is 18.5 Å². The molecular weight excluding hydrogens is 292 g/mol. The van der Waals surface area contributed by atoms with Gasteiger partial charge >= 0.3 is 0 Å². The van der Waals surface area contributed by atoms with Crippen molar-refractivity contribution in [1.82, 2.24) is 5.16 Å². The number of carbonyl (C=O) groups excluding carboxylic acids is 1. The Hall–Kier alpha value is -2.01. The van der Waals surface area contributed by atoms with Crippen LogP contribution in [0.4, 0.5) is 5.69 Å². The van der Waals surface area contributed by atoms with Crippen LogP contribution in [0.1, 0.15) is 30.9 Å². The molecule has 0 saturated carbocycles. The van der Waals surface area contributed by atoms with E-state index in [9.17, 15) is 9.90 Å². The van der Waals surface area contributed by atoms with Crippen molar-refractivity contribution in [3.63, 3.8) is 0 Å². The number of nitrogens with one attached hydrogen (secondary N) is 1. The fourth-order valence-corrected chi connectivity index (χ4v) is 2.28. The van der Waals surface area contributed by atoms with Gasteiger partial charge in [-0.1, -0.05) is 36.7 Å². The molecule has 1 amide bonds. The summed E-state index contributed by atoms with van der Waals surface area (Å²) in [6.07, 6.45) is 1.54. The predicted molar refractivity (Wildman–Crippen MR) is 80.7 cm³/mol. The number of aromatic nitrogens is 1. The minimum absolute atomic E-state index is 0.135. The highest BCUT2D eigenvalue weighted by Gasteiger charge is 2.17. The molecule has 0 aliphatic carbocycles. The van der Waals surface area contributed by atoms with Crippen LogP contribution in [-0.4, -0.2) is 16.2 Å². The standard InChI is InChI=1S/C15H17ClN2O3/c1-3-11-9(13(4-2)21-18-11)8-14(19)17-12-7-5-6-10(16)15(12)20/h5-7,20H,3-4,8H2,1-2H3,(H,17,19). The highest BCUT2D eigenvalue weighted by atomic mass is 35.5. The van der Waals surface area contributed by atoms with Gasteiger partial charge in [0.15, 0.2) is 5.75 Å². The summed E-state index contributed by atoms with van der Waals surface area (Å²) in [5, 5.41) is 16.6. The molecule has 2 rings (SSSR count). The van der Waals surface area contributed by atoms with Crippen molar-refractivity contribution >= 4 is 23.2 Å². The van der Waals surface area contributed by atoms with Crippen molar-refractivity contribution in [1.29, 1.82) is 0 Å². The molecule has 0 atom stereocenters. The number of hydrogen-bond donors (Lipinski definition) is 2. The topological polar surface area (TPSA) is 75.4 Å². The first-order valence-corrected chi connectivity index (χ1v) is 7.18. The van der Waals surface area contributed by atoms with Gasteiger partial charge in [-0.2, -0.15) is 0 Å². The van der Waals surface area contributed by atoms with Crippen LogP contribution >= 0.6 is 11.6 Å². The summed E-state index contributed by atoms with van der Waals surface area (Å²) < 4.78 is 5.23. The molecule has 0 fully saturated rings. The van der Waals surface area contributed by atoms with Crippen LogP contribution in [0.25, 0.3) is 0 Å². The number of para-hydroxylation sites is 1. The first-order chi connectivity index (χ1) is 10.1. The Morgan fingerprint density at radius 2 is 2.14 bits per heavy atom. The Morgan fingerprint density at radius 3 is 2.81 bits per heavy atom. The Morgan fingerprint density at radius 1 is 1.38 bits per heavy atom.